The van der Waals surface area contributed by atoms with E-state index in [4.69, 9.17) is 4.74 Å². The summed E-state index contributed by atoms with van der Waals surface area (Å²) in [5.74, 6) is -2.28. The monoisotopic (exact) mass is 342 g/mol. The maximum Gasteiger partial charge on any atom is 0.409 e. The van der Waals surface area contributed by atoms with Crippen molar-refractivity contribution in [1.29, 1.82) is 0 Å². The molecule has 0 aliphatic carbocycles. The average Bonchev–Trinajstić information content (AvgIpc) is 2.58. The van der Waals surface area contributed by atoms with Gasteiger partial charge in [-0.15, -0.1) is 0 Å². The van der Waals surface area contributed by atoms with Crippen LogP contribution in [0.4, 0.5) is 13.6 Å². The van der Waals surface area contributed by atoms with Crippen LogP contribution in [0.5, 0.6) is 5.75 Å². The minimum absolute atomic E-state index is 0.0746. The highest BCUT2D eigenvalue weighted by atomic mass is 19.2. The minimum atomic E-state index is -1.03. The van der Waals surface area contributed by atoms with E-state index in [0.717, 1.165) is 12.1 Å². The van der Waals surface area contributed by atoms with Gasteiger partial charge < -0.3 is 19.7 Å². The van der Waals surface area contributed by atoms with E-state index in [-0.39, 0.29) is 23.8 Å². The van der Waals surface area contributed by atoms with Crippen LogP contribution in [0.25, 0.3) is 0 Å². The molecule has 1 aromatic carbocycles. The third kappa shape index (κ3) is 4.56. The first-order valence-electron chi connectivity index (χ1n) is 7.65. The Morgan fingerprint density at radius 2 is 1.92 bits per heavy atom. The first-order valence-corrected chi connectivity index (χ1v) is 7.65. The summed E-state index contributed by atoms with van der Waals surface area (Å²) in [7, 11) is 1.33. The lowest BCUT2D eigenvalue weighted by Crippen LogP contribution is -2.49. The molecule has 0 aromatic heterocycles. The number of halogens is 2. The van der Waals surface area contributed by atoms with Crippen LogP contribution in [-0.4, -0.2) is 49.2 Å². The van der Waals surface area contributed by atoms with Crippen molar-refractivity contribution in [2.45, 2.75) is 31.9 Å². The summed E-state index contributed by atoms with van der Waals surface area (Å²) < 4.78 is 36.0. The van der Waals surface area contributed by atoms with Gasteiger partial charge in [-0.05, 0) is 31.9 Å². The van der Waals surface area contributed by atoms with Crippen molar-refractivity contribution in [3.63, 3.8) is 0 Å². The highest BCUT2D eigenvalue weighted by molar-refractivity contribution is 5.81. The molecule has 2 amide bonds. The Morgan fingerprint density at radius 3 is 2.50 bits per heavy atom. The van der Waals surface area contributed by atoms with Crippen LogP contribution in [0.1, 0.15) is 19.8 Å². The number of hydrogen-bond donors (Lipinski definition) is 1. The molecule has 0 saturated carbocycles. The van der Waals surface area contributed by atoms with Gasteiger partial charge in [-0.3, -0.25) is 4.79 Å². The quantitative estimate of drug-likeness (QED) is 0.910. The highest BCUT2D eigenvalue weighted by Gasteiger charge is 2.26. The molecule has 132 valence electrons. The maximum absolute atomic E-state index is 13.1. The van der Waals surface area contributed by atoms with Gasteiger partial charge in [-0.2, -0.15) is 0 Å². The smallest absolute Gasteiger partial charge is 0.409 e. The number of benzene rings is 1. The van der Waals surface area contributed by atoms with E-state index in [1.54, 1.807) is 4.90 Å². The zero-order valence-electron chi connectivity index (χ0n) is 13.6. The lowest BCUT2D eigenvalue weighted by molar-refractivity contribution is -0.128. The van der Waals surface area contributed by atoms with Gasteiger partial charge in [-0.25, -0.2) is 13.6 Å². The van der Waals surface area contributed by atoms with Gasteiger partial charge in [-0.1, -0.05) is 0 Å². The Balaban J connectivity index is 1.82. The maximum atomic E-state index is 13.1. The van der Waals surface area contributed by atoms with E-state index < -0.39 is 17.7 Å². The summed E-state index contributed by atoms with van der Waals surface area (Å²) in [5, 5.41) is 2.83. The van der Waals surface area contributed by atoms with Crippen LogP contribution in [0.15, 0.2) is 18.2 Å². The molecule has 6 nitrogen and oxygen atoms in total. The number of carbonyl (C=O) groups is 2. The van der Waals surface area contributed by atoms with Crippen LogP contribution in [0.3, 0.4) is 0 Å². The van der Waals surface area contributed by atoms with Crippen LogP contribution in [0.2, 0.25) is 0 Å². The standard InChI is InChI=1S/C16H20F2N2O4/c1-10(24-12-3-4-13(17)14(18)9-12)15(21)19-11-5-7-20(8-6-11)16(22)23-2/h3-4,9-11H,5-8H2,1-2H3,(H,19,21). The second-order valence-corrected chi connectivity index (χ2v) is 5.58. The van der Waals surface area contributed by atoms with Crippen LogP contribution < -0.4 is 10.1 Å². The largest absolute Gasteiger partial charge is 0.481 e. The zero-order chi connectivity index (χ0) is 17.7. The molecule has 24 heavy (non-hydrogen) atoms. The van der Waals surface area contributed by atoms with Gasteiger partial charge >= 0.3 is 6.09 Å². The molecule has 1 aliphatic heterocycles. The molecule has 1 heterocycles. The molecule has 0 spiro atoms. The number of piperidine rings is 1. The van der Waals surface area contributed by atoms with Crippen molar-refractivity contribution in [2.75, 3.05) is 20.2 Å². The number of hydrogen-bond acceptors (Lipinski definition) is 4. The van der Waals surface area contributed by atoms with Gasteiger partial charge in [0.25, 0.3) is 5.91 Å². The van der Waals surface area contributed by atoms with Crippen LogP contribution in [0, 0.1) is 11.6 Å². The molecule has 1 saturated heterocycles. The number of methoxy groups -OCH3 is 1. The number of likely N-dealkylation sites (tertiary alicyclic amines) is 1. The van der Waals surface area contributed by atoms with Gasteiger partial charge in [0.2, 0.25) is 0 Å². The van der Waals surface area contributed by atoms with Crippen LogP contribution in [-0.2, 0) is 9.53 Å². The lowest BCUT2D eigenvalue weighted by atomic mass is 10.1. The summed E-state index contributed by atoms with van der Waals surface area (Å²) in [4.78, 5) is 25.1. The summed E-state index contributed by atoms with van der Waals surface area (Å²) >= 11 is 0. The first-order chi connectivity index (χ1) is 11.4. The number of rotatable bonds is 4. The Hall–Kier alpha value is -2.38. The zero-order valence-corrected chi connectivity index (χ0v) is 13.6. The molecular weight excluding hydrogens is 322 g/mol. The normalized spacial score (nSPS) is 16.4. The molecule has 0 radical (unpaired) electrons. The van der Waals surface area contributed by atoms with Gasteiger partial charge in [0.15, 0.2) is 17.7 Å². The van der Waals surface area contributed by atoms with E-state index >= 15 is 0 Å². The molecule has 1 fully saturated rings. The van der Waals surface area contributed by atoms with Crippen molar-refractivity contribution in [2.24, 2.45) is 0 Å². The summed E-state index contributed by atoms with van der Waals surface area (Å²) in [6.45, 7) is 2.52. The van der Waals surface area contributed by atoms with Crippen molar-refractivity contribution in [3.05, 3.63) is 29.8 Å². The Morgan fingerprint density at radius 1 is 1.25 bits per heavy atom. The Kier molecular flexibility index (Phi) is 5.94. The molecule has 2 rings (SSSR count). The van der Waals surface area contributed by atoms with Gasteiger partial charge in [0.1, 0.15) is 5.75 Å². The Bertz CT molecular complexity index is 604. The van der Waals surface area contributed by atoms with Gasteiger partial charge in [0.05, 0.1) is 7.11 Å². The number of nitrogens with one attached hydrogen (secondary N) is 1. The lowest BCUT2D eigenvalue weighted by Gasteiger charge is -2.31. The van der Waals surface area contributed by atoms with E-state index in [0.29, 0.717) is 25.9 Å². The third-order valence-corrected chi connectivity index (χ3v) is 3.85. The molecule has 8 heteroatoms. The SMILES string of the molecule is COC(=O)N1CCC(NC(=O)C(C)Oc2ccc(F)c(F)c2)CC1. The number of amides is 2. The predicted octanol–water partition coefficient (Wildman–Crippen LogP) is 2.08. The minimum Gasteiger partial charge on any atom is -0.481 e. The van der Waals surface area contributed by atoms with Gasteiger partial charge in [0, 0.05) is 25.2 Å². The fraction of sp³-hybridized carbons (Fsp3) is 0.500. The molecule has 1 unspecified atom stereocenters. The second-order valence-electron chi connectivity index (χ2n) is 5.58. The highest BCUT2D eigenvalue weighted by Crippen LogP contribution is 2.17. The topological polar surface area (TPSA) is 67.9 Å². The van der Waals surface area contributed by atoms with Crippen molar-refractivity contribution in [1.82, 2.24) is 10.2 Å². The fourth-order valence-electron chi connectivity index (χ4n) is 2.46. The molecular formula is C16H20F2N2O4. The van der Waals surface area contributed by atoms with E-state index in [1.807, 2.05) is 0 Å². The molecule has 1 atom stereocenters. The molecule has 1 N–H and O–H groups in total. The third-order valence-electron chi connectivity index (χ3n) is 3.85. The summed E-state index contributed by atoms with van der Waals surface area (Å²) in [6, 6.07) is 3.03. The van der Waals surface area contributed by atoms with Crippen molar-refractivity contribution >= 4 is 12.0 Å². The van der Waals surface area contributed by atoms with Crippen molar-refractivity contribution in [3.8, 4) is 5.75 Å². The molecule has 1 aliphatic rings. The van der Waals surface area contributed by atoms with E-state index in [9.17, 15) is 18.4 Å². The number of carbonyl (C=O) groups excluding carboxylic acids is 2. The predicted molar refractivity (Wildman–Crippen MR) is 81.6 cm³/mol. The molecule has 0 bridgehead atoms. The Labute approximate surface area is 138 Å². The van der Waals surface area contributed by atoms with Crippen LogP contribution >= 0.6 is 0 Å². The summed E-state index contributed by atoms with van der Waals surface area (Å²) in [6.07, 6.45) is -0.0133. The molecule has 1 aromatic rings. The number of ether oxygens (including phenoxy) is 2. The van der Waals surface area contributed by atoms with E-state index in [1.165, 1.54) is 20.1 Å². The first kappa shape index (κ1) is 18.0. The average molecular weight is 342 g/mol. The summed E-state index contributed by atoms with van der Waals surface area (Å²) in [5.41, 5.74) is 0. The second kappa shape index (κ2) is 7.94. The fourth-order valence-corrected chi connectivity index (χ4v) is 2.46. The van der Waals surface area contributed by atoms with Crippen molar-refractivity contribution < 1.29 is 27.8 Å². The number of nitrogens with zero attached hydrogens (tertiary/aromatic N) is 1. The van der Waals surface area contributed by atoms with E-state index in [2.05, 4.69) is 10.1 Å².